The summed E-state index contributed by atoms with van der Waals surface area (Å²) in [7, 11) is 0. The van der Waals surface area contributed by atoms with Crippen LogP contribution in [0.1, 0.15) is 16.8 Å². The van der Waals surface area contributed by atoms with E-state index in [1.165, 1.54) is 0 Å². The lowest BCUT2D eigenvalue weighted by Crippen LogP contribution is -2.28. The van der Waals surface area contributed by atoms with Gasteiger partial charge < -0.3 is 10.0 Å². The largest absolute Gasteiger partial charge is 0.478 e. The third kappa shape index (κ3) is 3.14. The molecule has 0 bridgehead atoms. The van der Waals surface area contributed by atoms with Crippen molar-refractivity contribution in [2.45, 2.75) is 6.42 Å². The number of nitrogens with zero attached hydrogens (tertiary/aromatic N) is 3. The number of rotatable bonds is 3. The Morgan fingerprint density at radius 1 is 1.47 bits per heavy atom. The van der Waals surface area contributed by atoms with Gasteiger partial charge in [0.25, 0.3) is 5.69 Å². The first kappa shape index (κ1) is 13.6. The van der Waals surface area contributed by atoms with Crippen LogP contribution in [0.2, 0.25) is 0 Å². The highest BCUT2D eigenvalue weighted by atomic mass is 32.2. The Morgan fingerprint density at radius 3 is 2.95 bits per heavy atom. The highest BCUT2D eigenvalue weighted by Crippen LogP contribution is 2.24. The summed E-state index contributed by atoms with van der Waals surface area (Å²) < 4.78 is 0. The summed E-state index contributed by atoms with van der Waals surface area (Å²) >= 11 is 1.81. The van der Waals surface area contributed by atoms with Crippen molar-refractivity contribution in [1.29, 1.82) is 0 Å². The number of carbonyl (C=O) groups is 1. The number of carboxylic acid groups (broad SMARTS) is 1. The molecule has 1 saturated heterocycles. The molecule has 1 aliphatic heterocycles. The van der Waals surface area contributed by atoms with Gasteiger partial charge in [-0.1, -0.05) is 0 Å². The van der Waals surface area contributed by atoms with Crippen molar-refractivity contribution in [1.82, 2.24) is 4.98 Å². The second-order valence-corrected chi connectivity index (χ2v) is 5.30. The van der Waals surface area contributed by atoms with E-state index < -0.39 is 10.9 Å². The van der Waals surface area contributed by atoms with Gasteiger partial charge in [0.2, 0.25) is 0 Å². The number of carboxylic acids is 1. The second-order valence-electron chi connectivity index (χ2n) is 4.08. The minimum Gasteiger partial charge on any atom is -0.478 e. The highest BCUT2D eigenvalue weighted by molar-refractivity contribution is 7.99. The maximum absolute atomic E-state index is 11.2. The standard InChI is InChI=1S/C11H13N3O4S/c15-11(16)9-6-8(14(17)18)7-12-10(9)13-2-1-4-19-5-3-13/h6-7H,1-5H2,(H,15,16). The van der Waals surface area contributed by atoms with Crippen molar-refractivity contribution in [3.63, 3.8) is 0 Å². The summed E-state index contributed by atoms with van der Waals surface area (Å²) in [5.41, 5.74) is -0.411. The highest BCUT2D eigenvalue weighted by Gasteiger charge is 2.22. The zero-order valence-electron chi connectivity index (χ0n) is 10.1. The van der Waals surface area contributed by atoms with E-state index in [1.807, 2.05) is 16.7 Å². The van der Waals surface area contributed by atoms with E-state index in [0.717, 1.165) is 36.7 Å². The summed E-state index contributed by atoms with van der Waals surface area (Å²) in [6.45, 7) is 1.42. The van der Waals surface area contributed by atoms with Crippen molar-refractivity contribution in [3.8, 4) is 0 Å². The molecule has 0 amide bonds. The van der Waals surface area contributed by atoms with E-state index in [4.69, 9.17) is 0 Å². The Labute approximate surface area is 113 Å². The molecule has 1 aromatic rings. The number of aromatic carboxylic acids is 1. The monoisotopic (exact) mass is 283 g/mol. The Hall–Kier alpha value is -1.83. The molecule has 1 N–H and O–H groups in total. The lowest BCUT2D eigenvalue weighted by Gasteiger charge is -2.22. The molecule has 0 saturated carbocycles. The van der Waals surface area contributed by atoms with Crippen molar-refractivity contribution in [2.75, 3.05) is 29.5 Å². The van der Waals surface area contributed by atoms with Gasteiger partial charge in [-0.3, -0.25) is 10.1 Å². The van der Waals surface area contributed by atoms with Crippen molar-refractivity contribution in [2.24, 2.45) is 0 Å². The van der Waals surface area contributed by atoms with E-state index in [2.05, 4.69) is 4.98 Å². The van der Waals surface area contributed by atoms with E-state index >= 15 is 0 Å². The molecule has 7 nitrogen and oxygen atoms in total. The van der Waals surface area contributed by atoms with Crippen LogP contribution in [0.4, 0.5) is 11.5 Å². The summed E-state index contributed by atoms with van der Waals surface area (Å²) in [5, 5.41) is 19.9. The van der Waals surface area contributed by atoms with Crippen LogP contribution in [0.25, 0.3) is 0 Å². The number of pyridine rings is 1. The Balaban J connectivity index is 2.37. The molecule has 1 aliphatic rings. The normalized spacial score (nSPS) is 15.9. The molecule has 19 heavy (non-hydrogen) atoms. The Kier molecular flexibility index (Phi) is 4.20. The lowest BCUT2D eigenvalue weighted by molar-refractivity contribution is -0.385. The molecule has 0 radical (unpaired) electrons. The molecular weight excluding hydrogens is 270 g/mol. The summed E-state index contributed by atoms with van der Waals surface area (Å²) in [6, 6.07) is 1.07. The van der Waals surface area contributed by atoms with Gasteiger partial charge >= 0.3 is 5.97 Å². The van der Waals surface area contributed by atoms with Crippen molar-refractivity contribution >= 4 is 29.2 Å². The molecule has 1 aromatic heterocycles. The van der Waals surface area contributed by atoms with Gasteiger partial charge in [0.15, 0.2) is 0 Å². The number of nitro groups is 1. The van der Waals surface area contributed by atoms with Gasteiger partial charge in [0, 0.05) is 24.9 Å². The number of hydrogen-bond acceptors (Lipinski definition) is 6. The second kappa shape index (κ2) is 5.87. The number of anilines is 1. The maximum Gasteiger partial charge on any atom is 0.339 e. The van der Waals surface area contributed by atoms with Gasteiger partial charge in [-0.25, -0.2) is 9.78 Å². The topological polar surface area (TPSA) is 96.6 Å². The van der Waals surface area contributed by atoms with Gasteiger partial charge in [-0.05, 0) is 12.2 Å². The Morgan fingerprint density at radius 2 is 2.26 bits per heavy atom. The molecule has 2 rings (SSSR count). The third-order valence-corrected chi connectivity index (χ3v) is 3.86. The zero-order chi connectivity index (χ0) is 13.8. The molecule has 0 aliphatic carbocycles. The smallest absolute Gasteiger partial charge is 0.339 e. The molecule has 1 fully saturated rings. The third-order valence-electron chi connectivity index (χ3n) is 2.82. The Bertz CT molecular complexity index is 501. The van der Waals surface area contributed by atoms with Crippen LogP contribution < -0.4 is 4.90 Å². The SMILES string of the molecule is O=C(O)c1cc([N+](=O)[O-])cnc1N1CCCSCC1. The summed E-state index contributed by atoms with van der Waals surface area (Å²) in [5.74, 6) is 1.06. The van der Waals surface area contributed by atoms with E-state index in [9.17, 15) is 20.0 Å². The van der Waals surface area contributed by atoms with Crippen molar-refractivity contribution < 1.29 is 14.8 Å². The first-order valence-electron chi connectivity index (χ1n) is 5.80. The average molecular weight is 283 g/mol. The fourth-order valence-electron chi connectivity index (χ4n) is 1.91. The minimum absolute atomic E-state index is 0.110. The van der Waals surface area contributed by atoms with E-state index in [-0.39, 0.29) is 11.3 Å². The van der Waals surface area contributed by atoms with Gasteiger partial charge in [-0.2, -0.15) is 11.8 Å². The average Bonchev–Trinajstić information content (AvgIpc) is 2.66. The van der Waals surface area contributed by atoms with Gasteiger partial charge in [0.05, 0.1) is 4.92 Å². The maximum atomic E-state index is 11.2. The number of thioether (sulfide) groups is 1. The molecule has 102 valence electrons. The van der Waals surface area contributed by atoms with Crippen LogP contribution in [0.3, 0.4) is 0 Å². The van der Waals surface area contributed by atoms with Crippen LogP contribution in [-0.2, 0) is 0 Å². The summed E-state index contributed by atoms with van der Waals surface area (Å²) in [4.78, 5) is 27.1. The fraction of sp³-hybridized carbons (Fsp3) is 0.455. The van der Waals surface area contributed by atoms with Crippen molar-refractivity contribution in [3.05, 3.63) is 27.9 Å². The molecular formula is C11H13N3O4S. The van der Waals surface area contributed by atoms with E-state index in [1.54, 1.807) is 0 Å². The van der Waals surface area contributed by atoms with Crippen LogP contribution in [0.5, 0.6) is 0 Å². The minimum atomic E-state index is -1.19. The fourth-order valence-corrected chi connectivity index (χ4v) is 2.80. The van der Waals surface area contributed by atoms with Crippen LogP contribution in [-0.4, -0.2) is 45.6 Å². The van der Waals surface area contributed by atoms with Crippen LogP contribution in [0.15, 0.2) is 12.3 Å². The number of hydrogen-bond donors (Lipinski definition) is 1. The predicted molar refractivity (Wildman–Crippen MR) is 72.0 cm³/mol. The molecule has 0 atom stereocenters. The molecule has 0 spiro atoms. The van der Waals surface area contributed by atoms with Gasteiger partial charge in [0.1, 0.15) is 17.6 Å². The van der Waals surface area contributed by atoms with E-state index in [0.29, 0.717) is 12.4 Å². The zero-order valence-corrected chi connectivity index (χ0v) is 10.9. The molecule has 2 heterocycles. The van der Waals surface area contributed by atoms with Gasteiger partial charge in [-0.15, -0.1) is 0 Å². The molecule has 8 heteroatoms. The first-order valence-corrected chi connectivity index (χ1v) is 6.95. The molecule has 0 aromatic carbocycles. The predicted octanol–water partition coefficient (Wildman–Crippen LogP) is 1.63. The summed E-state index contributed by atoms with van der Waals surface area (Å²) in [6.07, 6.45) is 2.06. The first-order chi connectivity index (χ1) is 9.09. The number of aromatic nitrogens is 1. The van der Waals surface area contributed by atoms with Crippen LogP contribution in [0, 0.1) is 10.1 Å². The quantitative estimate of drug-likeness (QED) is 0.665. The van der Waals surface area contributed by atoms with Crippen LogP contribution >= 0.6 is 11.8 Å². The molecule has 0 unspecified atom stereocenters. The lowest BCUT2D eigenvalue weighted by atomic mass is 10.2.